The van der Waals surface area contributed by atoms with Gasteiger partial charge in [-0.1, -0.05) is 31.4 Å². The van der Waals surface area contributed by atoms with Crippen LogP contribution in [0.4, 0.5) is 5.82 Å². The summed E-state index contributed by atoms with van der Waals surface area (Å²) in [5.41, 5.74) is 2.08. The van der Waals surface area contributed by atoms with E-state index in [1.165, 1.54) is 32.1 Å². The number of rotatable bonds is 5. The molecular weight excluding hydrogens is 334 g/mol. The highest BCUT2D eigenvalue weighted by Crippen LogP contribution is 2.33. The first-order valence-corrected chi connectivity index (χ1v) is 9.76. The van der Waals surface area contributed by atoms with Gasteiger partial charge in [-0.3, -0.25) is 4.98 Å². The summed E-state index contributed by atoms with van der Waals surface area (Å²) in [6.45, 7) is 0.896. The van der Waals surface area contributed by atoms with Crippen molar-refractivity contribution in [1.29, 1.82) is 0 Å². The average molecular weight is 361 g/mol. The molecule has 0 atom stereocenters. The molecule has 140 valence electrons. The van der Waals surface area contributed by atoms with Gasteiger partial charge in [0.05, 0.1) is 5.52 Å². The van der Waals surface area contributed by atoms with Crippen LogP contribution in [0.5, 0.6) is 0 Å². The van der Waals surface area contributed by atoms with Crippen molar-refractivity contribution < 1.29 is 0 Å². The zero-order chi connectivity index (χ0) is 18.7. The lowest BCUT2D eigenvalue weighted by molar-refractivity contribution is 0.113. The molecule has 0 unspecified atom stereocenters. The molecule has 0 bridgehead atoms. The van der Waals surface area contributed by atoms with E-state index >= 15 is 0 Å². The number of anilines is 1. The predicted octanol–water partition coefficient (Wildman–Crippen LogP) is 4.37. The van der Waals surface area contributed by atoms with Crippen molar-refractivity contribution in [3.05, 3.63) is 48.8 Å². The second-order valence-electron chi connectivity index (χ2n) is 7.69. The summed E-state index contributed by atoms with van der Waals surface area (Å²) in [5.74, 6) is 1.62. The van der Waals surface area contributed by atoms with E-state index in [1.807, 2.05) is 36.5 Å². The molecule has 1 aromatic carbocycles. The second kappa shape index (κ2) is 7.61. The number of nitrogens with zero attached hydrogens (tertiary/aromatic N) is 4. The van der Waals surface area contributed by atoms with Crippen molar-refractivity contribution >= 4 is 16.7 Å². The Morgan fingerprint density at radius 1 is 1.00 bits per heavy atom. The molecular formula is C22H27N5. The molecule has 1 aliphatic carbocycles. The molecule has 1 aliphatic rings. The third-order valence-electron chi connectivity index (χ3n) is 5.84. The summed E-state index contributed by atoms with van der Waals surface area (Å²) in [6, 6.07) is 12.1. The van der Waals surface area contributed by atoms with E-state index in [2.05, 4.69) is 35.4 Å². The van der Waals surface area contributed by atoms with Gasteiger partial charge in [0.15, 0.2) is 5.82 Å². The summed E-state index contributed by atoms with van der Waals surface area (Å²) in [7, 11) is 4.40. The predicted molar refractivity (Wildman–Crippen MR) is 111 cm³/mol. The number of likely N-dealkylation sites (N-methyl/N-ethyl adjacent to an activating group) is 1. The highest BCUT2D eigenvalue weighted by Gasteiger charge is 2.34. The SMILES string of the molecule is CN(C)C1(CNc2nc(-c3cccnc3)nc3ccccc23)CCCCC1. The first-order chi connectivity index (χ1) is 13.2. The average Bonchev–Trinajstić information content (AvgIpc) is 2.73. The number of hydrogen-bond acceptors (Lipinski definition) is 5. The first-order valence-electron chi connectivity index (χ1n) is 9.76. The summed E-state index contributed by atoms with van der Waals surface area (Å²) in [5, 5.41) is 4.74. The van der Waals surface area contributed by atoms with E-state index in [4.69, 9.17) is 9.97 Å². The zero-order valence-electron chi connectivity index (χ0n) is 16.2. The van der Waals surface area contributed by atoms with Gasteiger partial charge in [0.25, 0.3) is 0 Å². The fraction of sp³-hybridized carbons (Fsp3) is 0.409. The van der Waals surface area contributed by atoms with E-state index in [0.717, 1.165) is 28.8 Å². The van der Waals surface area contributed by atoms with Crippen molar-refractivity contribution in [3.8, 4) is 11.4 Å². The van der Waals surface area contributed by atoms with E-state index < -0.39 is 0 Å². The van der Waals surface area contributed by atoms with Crippen LogP contribution in [-0.2, 0) is 0 Å². The van der Waals surface area contributed by atoms with Crippen molar-refractivity contribution in [2.75, 3.05) is 26.0 Å². The quantitative estimate of drug-likeness (QED) is 0.731. The zero-order valence-corrected chi connectivity index (χ0v) is 16.2. The molecule has 5 nitrogen and oxygen atoms in total. The Morgan fingerprint density at radius 3 is 2.56 bits per heavy atom. The van der Waals surface area contributed by atoms with Crippen LogP contribution in [0, 0.1) is 0 Å². The lowest BCUT2D eigenvalue weighted by atomic mass is 9.80. The highest BCUT2D eigenvalue weighted by molar-refractivity contribution is 5.90. The Morgan fingerprint density at radius 2 is 1.81 bits per heavy atom. The smallest absolute Gasteiger partial charge is 0.163 e. The number of hydrogen-bond donors (Lipinski definition) is 1. The number of aromatic nitrogens is 3. The maximum Gasteiger partial charge on any atom is 0.163 e. The minimum absolute atomic E-state index is 0.193. The Hall–Kier alpha value is -2.53. The van der Waals surface area contributed by atoms with Crippen molar-refractivity contribution in [2.24, 2.45) is 0 Å². The van der Waals surface area contributed by atoms with E-state index in [-0.39, 0.29) is 5.54 Å². The van der Waals surface area contributed by atoms with Crippen molar-refractivity contribution in [2.45, 2.75) is 37.6 Å². The number of benzene rings is 1. The van der Waals surface area contributed by atoms with Crippen LogP contribution >= 0.6 is 0 Å². The molecule has 1 N–H and O–H groups in total. The molecule has 4 rings (SSSR count). The monoisotopic (exact) mass is 361 g/mol. The normalized spacial score (nSPS) is 16.6. The van der Waals surface area contributed by atoms with Gasteiger partial charge in [0.1, 0.15) is 5.82 Å². The number of para-hydroxylation sites is 1. The Balaban J connectivity index is 1.70. The molecule has 1 fully saturated rings. The van der Waals surface area contributed by atoms with Crippen LogP contribution in [0.15, 0.2) is 48.8 Å². The molecule has 5 heteroatoms. The highest BCUT2D eigenvalue weighted by atomic mass is 15.2. The van der Waals surface area contributed by atoms with Crippen LogP contribution in [-0.4, -0.2) is 46.0 Å². The van der Waals surface area contributed by atoms with Gasteiger partial charge in [-0.2, -0.15) is 0 Å². The third-order valence-corrected chi connectivity index (χ3v) is 5.84. The van der Waals surface area contributed by atoms with Crippen molar-refractivity contribution in [1.82, 2.24) is 19.9 Å². The molecule has 2 aromatic heterocycles. The van der Waals surface area contributed by atoms with Crippen LogP contribution in [0.25, 0.3) is 22.3 Å². The van der Waals surface area contributed by atoms with E-state index in [1.54, 1.807) is 6.20 Å². The lowest BCUT2D eigenvalue weighted by Gasteiger charge is -2.43. The minimum Gasteiger partial charge on any atom is -0.368 e. The van der Waals surface area contributed by atoms with Crippen LogP contribution in [0.3, 0.4) is 0 Å². The van der Waals surface area contributed by atoms with Gasteiger partial charge in [-0.25, -0.2) is 9.97 Å². The van der Waals surface area contributed by atoms with Crippen LogP contribution < -0.4 is 5.32 Å². The molecule has 0 amide bonds. The molecule has 27 heavy (non-hydrogen) atoms. The lowest BCUT2D eigenvalue weighted by Crippen LogP contribution is -2.51. The molecule has 2 heterocycles. The number of pyridine rings is 1. The molecule has 1 saturated carbocycles. The number of fused-ring (bicyclic) bond motifs is 1. The summed E-state index contributed by atoms with van der Waals surface area (Å²) >= 11 is 0. The molecule has 0 saturated heterocycles. The Bertz CT molecular complexity index is 901. The summed E-state index contributed by atoms with van der Waals surface area (Å²) in [4.78, 5) is 16.2. The number of nitrogens with one attached hydrogen (secondary N) is 1. The Labute approximate surface area is 160 Å². The van der Waals surface area contributed by atoms with Gasteiger partial charge >= 0.3 is 0 Å². The largest absolute Gasteiger partial charge is 0.368 e. The maximum absolute atomic E-state index is 4.87. The molecule has 0 spiro atoms. The summed E-state index contributed by atoms with van der Waals surface area (Å²) < 4.78 is 0. The summed E-state index contributed by atoms with van der Waals surface area (Å²) in [6.07, 6.45) is 9.98. The molecule has 0 aliphatic heterocycles. The topological polar surface area (TPSA) is 53.9 Å². The van der Waals surface area contributed by atoms with Gasteiger partial charge in [0, 0.05) is 35.4 Å². The minimum atomic E-state index is 0.193. The first kappa shape index (κ1) is 17.9. The van der Waals surface area contributed by atoms with Gasteiger partial charge < -0.3 is 10.2 Å². The molecule has 3 aromatic rings. The van der Waals surface area contributed by atoms with Gasteiger partial charge in [-0.05, 0) is 51.2 Å². The second-order valence-corrected chi connectivity index (χ2v) is 7.69. The Kier molecular flexibility index (Phi) is 5.03. The third kappa shape index (κ3) is 3.65. The van der Waals surface area contributed by atoms with Crippen molar-refractivity contribution in [3.63, 3.8) is 0 Å². The van der Waals surface area contributed by atoms with E-state index in [9.17, 15) is 0 Å². The fourth-order valence-corrected chi connectivity index (χ4v) is 4.08. The maximum atomic E-state index is 4.87. The standard InChI is InChI=1S/C22H27N5/c1-27(2)22(12-6-3-7-13-22)16-24-21-18-10-4-5-11-19(18)25-20(26-21)17-9-8-14-23-15-17/h4-5,8-11,14-15H,3,6-7,12-13,16H2,1-2H3,(H,24,25,26). The van der Waals surface area contributed by atoms with Gasteiger partial charge in [0.2, 0.25) is 0 Å². The van der Waals surface area contributed by atoms with E-state index in [0.29, 0.717) is 5.82 Å². The van der Waals surface area contributed by atoms with Gasteiger partial charge in [-0.15, -0.1) is 0 Å². The van der Waals surface area contributed by atoms with Crippen LogP contribution in [0.2, 0.25) is 0 Å². The fourth-order valence-electron chi connectivity index (χ4n) is 4.08. The van der Waals surface area contributed by atoms with Crippen LogP contribution in [0.1, 0.15) is 32.1 Å². The molecule has 0 radical (unpaired) electrons.